The average Bonchev–Trinajstić information content (AvgIpc) is 2.90. The Morgan fingerprint density at radius 3 is 2.55 bits per heavy atom. The summed E-state index contributed by atoms with van der Waals surface area (Å²) in [6.45, 7) is 5.65. The zero-order valence-corrected chi connectivity index (χ0v) is 12.9. The van der Waals surface area contributed by atoms with Crippen LogP contribution in [-0.2, 0) is 6.42 Å². The zero-order chi connectivity index (χ0) is 15.9. The van der Waals surface area contributed by atoms with Gasteiger partial charge >= 0.3 is 0 Å². The fourth-order valence-corrected chi connectivity index (χ4v) is 2.78. The predicted octanol–water partition coefficient (Wildman–Crippen LogP) is 4.55. The number of phenols is 1. The van der Waals surface area contributed by atoms with E-state index >= 15 is 0 Å². The van der Waals surface area contributed by atoms with E-state index < -0.39 is 0 Å². The fraction of sp³-hybridized carbons (Fsp3) is 0.211. The molecule has 0 saturated carbocycles. The first-order valence-corrected chi connectivity index (χ1v) is 7.38. The monoisotopic (exact) mass is 294 g/mol. The van der Waals surface area contributed by atoms with Gasteiger partial charge in [0.05, 0.1) is 5.56 Å². The normalized spacial score (nSPS) is 11.0. The van der Waals surface area contributed by atoms with Gasteiger partial charge in [-0.05, 0) is 43.2 Å². The molecule has 0 amide bonds. The van der Waals surface area contributed by atoms with Gasteiger partial charge in [-0.1, -0.05) is 25.1 Å². The highest BCUT2D eigenvalue weighted by Gasteiger charge is 2.22. The molecule has 3 nitrogen and oxygen atoms in total. The molecule has 1 aromatic heterocycles. The van der Waals surface area contributed by atoms with Crippen molar-refractivity contribution in [3.63, 3.8) is 0 Å². The molecular formula is C19H18O3. The Bertz CT molecular complexity index is 872. The lowest BCUT2D eigenvalue weighted by Gasteiger charge is -2.09. The lowest BCUT2D eigenvalue weighted by atomic mass is 9.93. The van der Waals surface area contributed by atoms with Crippen LogP contribution in [0.1, 0.15) is 39.7 Å². The van der Waals surface area contributed by atoms with Crippen molar-refractivity contribution in [1.29, 1.82) is 0 Å². The molecule has 0 atom stereocenters. The number of carbonyl (C=O) groups excluding carboxylic acids is 1. The summed E-state index contributed by atoms with van der Waals surface area (Å²) in [5.41, 5.74) is 3.51. The van der Waals surface area contributed by atoms with Crippen molar-refractivity contribution in [3.05, 3.63) is 64.4 Å². The quantitative estimate of drug-likeness (QED) is 0.721. The van der Waals surface area contributed by atoms with Gasteiger partial charge in [-0.3, -0.25) is 4.79 Å². The predicted molar refractivity (Wildman–Crippen MR) is 86.6 cm³/mol. The number of benzene rings is 2. The molecule has 2 aromatic carbocycles. The van der Waals surface area contributed by atoms with Gasteiger partial charge in [-0.25, -0.2) is 0 Å². The van der Waals surface area contributed by atoms with Crippen molar-refractivity contribution in [2.75, 3.05) is 0 Å². The largest absolute Gasteiger partial charge is 0.508 e. The first kappa shape index (κ1) is 14.4. The van der Waals surface area contributed by atoms with Crippen molar-refractivity contribution in [3.8, 4) is 5.75 Å². The van der Waals surface area contributed by atoms with Crippen molar-refractivity contribution < 1.29 is 14.3 Å². The zero-order valence-electron chi connectivity index (χ0n) is 12.9. The summed E-state index contributed by atoms with van der Waals surface area (Å²) in [5, 5.41) is 10.6. The van der Waals surface area contributed by atoms with Gasteiger partial charge in [0, 0.05) is 17.4 Å². The van der Waals surface area contributed by atoms with Gasteiger partial charge in [0.15, 0.2) is 5.78 Å². The molecule has 0 fully saturated rings. The van der Waals surface area contributed by atoms with Crippen LogP contribution in [0.4, 0.5) is 0 Å². The van der Waals surface area contributed by atoms with E-state index in [4.69, 9.17) is 4.42 Å². The maximum absolute atomic E-state index is 13.0. The van der Waals surface area contributed by atoms with E-state index in [0.29, 0.717) is 23.3 Å². The van der Waals surface area contributed by atoms with Gasteiger partial charge in [0.25, 0.3) is 0 Å². The number of phenolic OH excluding ortho intramolecular Hbond substituents is 1. The van der Waals surface area contributed by atoms with E-state index in [2.05, 4.69) is 0 Å². The highest BCUT2D eigenvalue weighted by atomic mass is 16.3. The molecule has 112 valence electrons. The van der Waals surface area contributed by atoms with E-state index in [1.807, 2.05) is 45.0 Å². The van der Waals surface area contributed by atoms with Gasteiger partial charge < -0.3 is 9.52 Å². The van der Waals surface area contributed by atoms with E-state index in [1.54, 1.807) is 12.1 Å². The van der Waals surface area contributed by atoms with Crippen molar-refractivity contribution in [1.82, 2.24) is 0 Å². The lowest BCUT2D eigenvalue weighted by molar-refractivity contribution is 0.103. The van der Waals surface area contributed by atoms with E-state index in [-0.39, 0.29) is 11.5 Å². The van der Waals surface area contributed by atoms with E-state index in [0.717, 1.165) is 22.1 Å². The van der Waals surface area contributed by atoms with Crippen LogP contribution < -0.4 is 0 Å². The molecule has 0 spiro atoms. The smallest absolute Gasteiger partial charge is 0.197 e. The maximum Gasteiger partial charge on any atom is 0.197 e. The Labute approximate surface area is 129 Å². The molecule has 3 rings (SSSR count). The summed E-state index contributed by atoms with van der Waals surface area (Å²) in [4.78, 5) is 13.0. The summed E-state index contributed by atoms with van der Waals surface area (Å²) in [5.74, 6) is 0.862. The Kier molecular flexibility index (Phi) is 3.49. The maximum atomic E-state index is 13.0. The molecule has 3 heteroatoms. The molecule has 22 heavy (non-hydrogen) atoms. The molecule has 0 unspecified atom stereocenters. The van der Waals surface area contributed by atoms with Crippen molar-refractivity contribution in [2.24, 2.45) is 0 Å². The Hall–Kier alpha value is -2.55. The molecule has 0 aliphatic carbocycles. The van der Waals surface area contributed by atoms with Crippen LogP contribution in [0.5, 0.6) is 5.75 Å². The van der Waals surface area contributed by atoms with Crippen molar-refractivity contribution in [2.45, 2.75) is 27.2 Å². The number of para-hydroxylation sites is 1. The summed E-state index contributed by atoms with van der Waals surface area (Å²) in [6.07, 6.45) is 0.659. The first-order valence-electron chi connectivity index (χ1n) is 7.38. The number of fused-ring (bicyclic) bond motifs is 1. The number of furan rings is 1. The molecule has 0 saturated heterocycles. The number of carbonyl (C=O) groups is 1. The molecular weight excluding hydrogens is 276 g/mol. The SMILES string of the molecule is CCc1oc2ccccc2c1C(=O)c1ccc(O)c(C)c1C. The second-order valence-electron chi connectivity index (χ2n) is 5.46. The van der Waals surface area contributed by atoms with Crippen LogP contribution in [0.15, 0.2) is 40.8 Å². The van der Waals surface area contributed by atoms with Crippen molar-refractivity contribution >= 4 is 16.8 Å². The molecule has 1 heterocycles. The number of aromatic hydroxyl groups is 1. The molecule has 0 aliphatic heterocycles. The molecule has 0 radical (unpaired) electrons. The summed E-state index contributed by atoms with van der Waals surface area (Å²) >= 11 is 0. The number of rotatable bonds is 3. The fourth-order valence-electron chi connectivity index (χ4n) is 2.78. The second kappa shape index (κ2) is 5.34. The third-order valence-electron chi connectivity index (χ3n) is 4.22. The Morgan fingerprint density at radius 2 is 1.82 bits per heavy atom. The molecule has 1 N–H and O–H groups in total. The van der Waals surface area contributed by atoms with E-state index in [1.165, 1.54) is 0 Å². The van der Waals surface area contributed by atoms with E-state index in [9.17, 15) is 9.90 Å². The molecule has 0 aliphatic rings. The Morgan fingerprint density at radius 1 is 1.09 bits per heavy atom. The van der Waals surface area contributed by atoms with Crippen LogP contribution >= 0.6 is 0 Å². The van der Waals surface area contributed by atoms with Gasteiger partial charge in [0.2, 0.25) is 0 Å². The average molecular weight is 294 g/mol. The third-order valence-corrected chi connectivity index (χ3v) is 4.22. The minimum absolute atomic E-state index is 0.0533. The van der Waals surface area contributed by atoms with Gasteiger partial charge in [-0.2, -0.15) is 0 Å². The number of ketones is 1. The third kappa shape index (κ3) is 2.10. The Balaban J connectivity index is 2.23. The second-order valence-corrected chi connectivity index (χ2v) is 5.46. The molecule has 0 bridgehead atoms. The number of aryl methyl sites for hydroxylation is 1. The highest BCUT2D eigenvalue weighted by molar-refractivity contribution is 6.17. The topological polar surface area (TPSA) is 50.4 Å². The summed E-state index contributed by atoms with van der Waals surface area (Å²) in [6, 6.07) is 10.8. The number of hydrogen-bond acceptors (Lipinski definition) is 3. The number of hydrogen-bond donors (Lipinski definition) is 1. The van der Waals surface area contributed by atoms with Crippen LogP contribution in [0.2, 0.25) is 0 Å². The lowest BCUT2D eigenvalue weighted by Crippen LogP contribution is -2.06. The summed E-state index contributed by atoms with van der Waals surface area (Å²) in [7, 11) is 0. The standard InChI is InChI=1S/C19H18O3/c1-4-16-18(14-7-5-6-8-17(14)22-16)19(21)13-9-10-15(20)12(3)11(13)2/h5-10,20H,4H2,1-3H3. The van der Waals surface area contributed by atoms with Crippen LogP contribution in [0.25, 0.3) is 11.0 Å². The minimum atomic E-state index is -0.0533. The van der Waals surface area contributed by atoms with Gasteiger partial charge in [-0.15, -0.1) is 0 Å². The van der Waals surface area contributed by atoms with Crippen LogP contribution in [-0.4, -0.2) is 10.9 Å². The molecule has 3 aromatic rings. The van der Waals surface area contributed by atoms with Crippen LogP contribution in [0, 0.1) is 13.8 Å². The minimum Gasteiger partial charge on any atom is -0.508 e. The van der Waals surface area contributed by atoms with Gasteiger partial charge in [0.1, 0.15) is 17.1 Å². The van der Waals surface area contributed by atoms with Crippen LogP contribution in [0.3, 0.4) is 0 Å². The highest BCUT2D eigenvalue weighted by Crippen LogP contribution is 2.31. The first-order chi connectivity index (χ1) is 10.5. The summed E-state index contributed by atoms with van der Waals surface area (Å²) < 4.78 is 5.81.